The molecule has 7 heteroatoms. The minimum Gasteiger partial charge on any atom is -0.486 e. The fourth-order valence-corrected chi connectivity index (χ4v) is 3.35. The summed E-state index contributed by atoms with van der Waals surface area (Å²) in [6.45, 7) is 4.59. The van der Waals surface area contributed by atoms with Crippen molar-refractivity contribution in [1.29, 1.82) is 0 Å². The number of aryl methyl sites for hydroxylation is 1. The molecule has 1 amide bonds. The highest BCUT2D eigenvalue weighted by Crippen LogP contribution is 2.18. The summed E-state index contributed by atoms with van der Waals surface area (Å²) in [5, 5.41) is 2.95. The minimum absolute atomic E-state index is 0.125. The Morgan fingerprint density at radius 2 is 1.97 bits per heavy atom. The van der Waals surface area contributed by atoms with Crippen LogP contribution in [-0.4, -0.2) is 46.7 Å². The SMILES string of the molecule is Cn1ccnc1COc1ccc(NC(=O)c2cccc(CN3CCOCC3)c2)cc1. The van der Waals surface area contributed by atoms with Crippen molar-refractivity contribution in [3.05, 3.63) is 77.9 Å². The number of hydrogen-bond donors (Lipinski definition) is 1. The minimum atomic E-state index is -0.125. The van der Waals surface area contributed by atoms with Crippen LogP contribution >= 0.6 is 0 Å². The van der Waals surface area contributed by atoms with Crippen molar-refractivity contribution in [3.63, 3.8) is 0 Å². The topological polar surface area (TPSA) is 68.6 Å². The molecule has 0 bridgehead atoms. The predicted octanol–water partition coefficient (Wildman–Crippen LogP) is 3.08. The number of carbonyl (C=O) groups is 1. The van der Waals surface area contributed by atoms with Crippen molar-refractivity contribution in [2.45, 2.75) is 13.2 Å². The number of carbonyl (C=O) groups excluding carboxylic acids is 1. The molecular weight excluding hydrogens is 380 g/mol. The van der Waals surface area contributed by atoms with E-state index in [0.29, 0.717) is 12.2 Å². The first kappa shape index (κ1) is 20.1. The van der Waals surface area contributed by atoms with Crippen LogP contribution in [0.15, 0.2) is 60.9 Å². The van der Waals surface area contributed by atoms with Gasteiger partial charge in [0, 0.05) is 50.3 Å². The molecule has 1 aliphatic rings. The second kappa shape index (κ2) is 9.56. The fourth-order valence-electron chi connectivity index (χ4n) is 3.35. The maximum atomic E-state index is 12.7. The molecule has 0 atom stereocenters. The highest BCUT2D eigenvalue weighted by atomic mass is 16.5. The van der Waals surface area contributed by atoms with E-state index in [1.807, 2.05) is 60.3 Å². The van der Waals surface area contributed by atoms with E-state index >= 15 is 0 Å². The molecule has 2 heterocycles. The Morgan fingerprint density at radius 1 is 1.17 bits per heavy atom. The molecule has 30 heavy (non-hydrogen) atoms. The van der Waals surface area contributed by atoms with Gasteiger partial charge >= 0.3 is 0 Å². The number of nitrogens with zero attached hydrogens (tertiary/aromatic N) is 3. The first-order valence-corrected chi connectivity index (χ1v) is 10.1. The highest BCUT2D eigenvalue weighted by Gasteiger charge is 2.12. The molecule has 1 aliphatic heterocycles. The van der Waals surface area contributed by atoms with Gasteiger partial charge in [0.2, 0.25) is 0 Å². The largest absolute Gasteiger partial charge is 0.486 e. The lowest BCUT2D eigenvalue weighted by Crippen LogP contribution is -2.35. The zero-order valence-electron chi connectivity index (χ0n) is 17.1. The summed E-state index contributed by atoms with van der Waals surface area (Å²) in [4.78, 5) is 19.2. The lowest BCUT2D eigenvalue weighted by Gasteiger charge is -2.26. The lowest BCUT2D eigenvalue weighted by atomic mass is 10.1. The summed E-state index contributed by atoms with van der Waals surface area (Å²) in [5.41, 5.74) is 2.50. The second-order valence-electron chi connectivity index (χ2n) is 7.31. The van der Waals surface area contributed by atoms with Gasteiger partial charge in [0.05, 0.1) is 13.2 Å². The average molecular weight is 406 g/mol. The van der Waals surface area contributed by atoms with Gasteiger partial charge < -0.3 is 19.4 Å². The van der Waals surface area contributed by atoms with E-state index in [9.17, 15) is 4.79 Å². The Balaban J connectivity index is 1.33. The van der Waals surface area contributed by atoms with Gasteiger partial charge in [0.25, 0.3) is 5.91 Å². The number of morpholine rings is 1. The zero-order valence-corrected chi connectivity index (χ0v) is 17.1. The monoisotopic (exact) mass is 406 g/mol. The van der Waals surface area contributed by atoms with Gasteiger partial charge in [-0.2, -0.15) is 0 Å². The number of benzene rings is 2. The normalized spacial score (nSPS) is 14.4. The van der Waals surface area contributed by atoms with E-state index in [1.54, 1.807) is 6.20 Å². The Bertz CT molecular complexity index is 978. The third-order valence-electron chi connectivity index (χ3n) is 5.10. The first-order chi connectivity index (χ1) is 14.7. The number of rotatable bonds is 7. The van der Waals surface area contributed by atoms with Gasteiger partial charge in [-0.1, -0.05) is 12.1 Å². The lowest BCUT2D eigenvalue weighted by molar-refractivity contribution is 0.0342. The van der Waals surface area contributed by atoms with E-state index in [1.165, 1.54) is 0 Å². The molecule has 0 spiro atoms. The molecule has 0 radical (unpaired) electrons. The van der Waals surface area contributed by atoms with Crippen LogP contribution in [-0.2, 0) is 24.9 Å². The Hall–Kier alpha value is -3.16. The van der Waals surface area contributed by atoms with Gasteiger partial charge in [-0.05, 0) is 42.0 Å². The van der Waals surface area contributed by atoms with Crippen molar-refractivity contribution in [2.75, 3.05) is 31.6 Å². The first-order valence-electron chi connectivity index (χ1n) is 10.1. The van der Waals surface area contributed by atoms with Gasteiger partial charge in [-0.15, -0.1) is 0 Å². The van der Waals surface area contributed by atoms with Crippen LogP contribution in [0.1, 0.15) is 21.7 Å². The number of anilines is 1. The molecule has 0 saturated carbocycles. The number of hydrogen-bond acceptors (Lipinski definition) is 5. The second-order valence-corrected chi connectivity index (χ2v) is 7.31. The number of nitrogens with one attached hydrogen (secondary N) is 1. The van der Waals surface area contributed by atoms with Crippen LogP contribution in [0.25, 0.3) is 0 Å². The van der Waals surface area contributed by atoms with Crippen molar-refractivity contribution in [1.82, 2.24) is 14.5 Å². The smallest absolute Gasteiger partial charge is 0.255 e. The molecule has 0 unspecified atom stereocenters. The van der Waals surface area contributed by atoms with Crippen molar-refractivity contribution in [3.8, 4) is 5.75 Å². The predicted molar refractivity (Wildman–Crippen MR) is 114 cm³/mol. The van der Waals surface area contributed by atoms with Crippen LogP contribution in [0, 0.1) is 0 Å². The molecule has 7 nitrogen and oxygen atoms in total. The molecule has 2 aromatic carbocycles. The van der Waals surface area contributed by atoms with E-state index in [-0.39, 0.29) is 5.91 Å². The molecule has 0 aliphatic carbocycles. The summed E-state index contributed by atoms with van der Waals surface area (Å²) >= 11 is 0. The third kappa shape index (κ3) is 5.25. The van der Waals surface area contributed by atoms with Crippen molar-refractivity contribution >= 4 is 11.6 Å². The van der Waals surface area contributed by atoms with Crippen LogP contribution < -0.4 is 10.1 Å². The molecule has 1 saturated heterocycles. The van der Waals surface area contributed by atoms with Crippen LogP contribution in [0.3, 0.4) is 0 Å². The molecule has 156 valence electrons. The molecule has 3 aromatic rings. The summed E-state index contributed by atoms with van der Waals surface area (Å²) < 4.78 is 13.1. The highest BCUT2D eigenvalue weighted by molar-refractivity contribution is 6.04. The van der Waals surface area contributed by atoms with E-state index in [2.05, 4.69) is 21.3 Å². The molecule has 1 aromatic heterocycles. The summed E-state index contributed by atoms with van der Waals surface area (Å²) in [7, 11) is 1.93. The van der Waals surface area contributed by atoms with E-state index in [0.717, 1.165) is 55.7 Å². The quantitative estimate of drug-likeness (QED) is 0.653. The molecule has 1 N–H and O–H groups in total. The maximum absolute atomic E-state index is 12.7. The standard InChI is InChI=1S/C23H26N4O3/c1-26-10-9-24-22(26)17-30-21-7-5-20(6-8-21)25-23(28)19-4-2-3-18(15-19)16-27-11-13-29-14-12-27/h2-10,15H,11-14,16-17H2,1H3,(H,25,28). The molecule has 4 rings (SSSR count). The number of aromatic nitrogens is 2. The molecule has 1 fully saturated rings. The molecular formula is C23H26N4O3. The van der Waals surface area contributed by atoms with Gasteiger partial charge in [-0.25, -0.2) is 4.98 Å². The average Bonchev–Trinajstić information content (AvgIpc) is 3.19. The Morgan fingerprint density at radius 3 is 2.70 bits per heavy atom. The van der Waals surface area contributed by atoms with Gasteiger partial charge in [-0.3, -0.25) is 9.69 Å². The van der Waals surface area contributed by atoms with Gasteiger partial charge in [0.15, 0.2) is 0 Å². The van der Waals surface area contributed by atoms with E-state index in [4.69, 9.17) is 9.47 Å². The van der Waals surface area contributed by atoms with Crippen LogP contribution in [0.4, 0.5) is 5.69 Å². The number of imidazole rings is 1. The number of amides is 1. The van der Waals surface area contributed by atoms with Crippen LogP contribution in [0.2, 0.25) is 0 Å². The van der Waals surface area contributed by atoms with Crippen molar-refractivity contribution in [2.24, 2.45) is 7.05 Å². The van der Waals surface area contributed by atoms with Gasteiger partial charge in [0.1, 0.15) is 18.2 Å². The van der Waals surface area contributed by atoms with Crippen LogP contribution in [0.5, 0.6) is 5.75 Å². The Labute approximate surface area is 176 Å². The fraction of sp³-hybridized carbons (Fsp3) is 0.304. The van der Waals surface area contributed by atoms with E-state index < -0.39 is 0 Å². The third-order valence-corrected chi connectivity index (χ3v) is 5.10. The summed E-state index contributed by atoms with van der Waals surface area (Å²) in [6, 6.07) is 15.1. The van der Waals surface area contributed by atoms with Crippen molar-refractivity contribution < 1.29 is 14.3 Å². The summed E-state index contributed by atoms with van der Waals surface area (Å²) in [5.74, 6) is 1.45. The maximum Gasteiger partial charge on any atom is 0.255 e. The Kier molecular flexibility index (Phi) is 6.41. The zero-order chi connectivity index (χ0) is 20.8. The number of ether oxygens (including phenoxy) is 2. The summed E-state index contributed by atoms with van der Waals surface area (Å²) in [6.07, 6.45) is 3.63.